The Balaban J connectivity index is 2.38. The summed E-state index contributed by atoms with van der Waals surface area (Å²) < 4.78 is 26.2. The zero-order valence-electron chi connectivity index (χ0n) is 9.01. The standard InChI is InChI=1S/C10H13BrN2O3S/c11-9-5-7(12)1-2-10(9)17(15,16)13-4-3-8(14)6-13/h1-2,5,8,14H,3-4,6,12H2/t8-/m1/s1. The van der Waals surface area contributed by atoms with Crippen molar-refractivity contribution in [1.29, 1.82) is 0 Å². The minimum atomic E-state index is -3.55. The van der Waals surface area contributed by atoms with Crippen LogP contribution in [0.1, 0.15) is 6.42 Å². The fraction of sp³-hybridized carbons (Fsp3) is 0.400. The Labute approximate surface area is 108 Å². The first-order chi connectivity index (χ1) is 7.91. The van der Waals surface area contributed by atoms with Crippen molar-refractivity contribution in [3.8, 4) is 0 Å². The first kappa shape index (κ1) is 12.8. The Morgan fingerprint density at radius 2 is 2.18 bits per heavy atom. The number of sulfonamides is 1. The van der Waals surface area contributed by atoms with Gasteiger partial charge in [-0.2, -0.15) is 4.31 Å². The third kappa shape index (κ3) is 2.47. The molecule has 0 unspecified atom stereocenters. The highest BCUT2D eigenvalue weighted by atomic mass is 79.9. The maximum absolute atomic E-state index is 12.3. The van der Waals surface area contributed by atoms with Crippen molar-refractivity contribution in [1.82, 2.24) is 4.31 Å². The van der Waals surface area contributed by atoms with Crippen LogP contribution in [0.4, 0.5) is 5.69 Å². The largest absolute Gasteiger partial charge is 0.399 e. The molecule has 0 aliphatic carbocycles. The van der Waals surface area contributed by atoms with Crippen molar-refractivity contribution in [2.75, 3.05) is 18.8 Å². The summed E-state index contributed by atoms with van der Waals surface area (Å²) in [4.78, 5) is 0.181. The summed E-state index contributed by atoms with van der Waals surface area (Å²) in [5.74, 6) is 0. The molecule has 0 radical (unpaired) electrons. The van der Waals surface area contributed by atoms with E-state index in [1.807, 2.05) is 0 Å². The molecule has 17 heavy (non-hydrogen) atoms. The first-order valence-corrected chi connectivity index (χ1v) is 7.38. The number of nitrogens with zero attached hydrogens (tertiary/aromatic N) is 1. The van der Waals surface area contributed by atoms with Gasteiger partial charge in [-0.05, 0) is 40.5 Å². The van der Waals surface area contributed by atoms with Crippen LogP contribution >= 0.6 is 15.9 Å². The molecule has 5 nitrogen and oxygen atoms in total. The number of nitrogens with two attached hydrogens (primary N) is 1. The lowest BCUT2D eigenvalue weighted by atomic mass is 10.3. The highest BCUT2D eigenvalue weighted by molar-refractivity contribution is 9.10. The van der Waals surface area contributed by atoms with E-state index in [0.717, 1.165) is 0 Å². The molecule has 1 aliphatic heterocycles. The van der Waals surface area contributed by atoms with Gasteiger partial charge in [-0.1, -0.05) is 0 Å². The Bertz CT molecular complexity index is 532. The summed E-state index contributed by atoms with van der Waals surface area (Å²) in [5, 5.41) is 9.39. The van der Waals surface area contributed by atoms with Crippen molar-refractivity contribution < 1.29 is 13.5 Å². The maximum Gasteiger partial charge on any atom is 0.244 e. The van der Waals surface area contributed by atoms with Crippen molar-refractivity contribution in [3.05, 3.63) is 22.7 Å². The predicted molar refractivity (Wildman–Crippen MR) is 67.9 cm³/mol. The molecule has 7 heteroatoms. The van der Waals surface area contributed by atoms with Crippen molar-refractivity contribution >= 4 is 31.6 Å². The van der Waals surface area contributed by atoms with Gasteiger partial charge in [0.1, 0.15) is 0 Å². The van der Waals surface area contributed by atoms with E-state index in [0.29, 0.717) is 23.1 Å². The molecule has 2 rings (SSSR count). The van der Waals surface area contributed by atoms with Crippen LogP contribution in [0.25, 0.3) is 0 Å². The van der Waals surface area contributed by atoms with Gasteiger partial charge in [0.05, 0.1) is 11.0 Å². The first-order valence-electron chi connectivity index (χ1n) is 5.14. The van der Waals surface area contributed by atoms with Gasteiger partial charge < -0.3 is 10.8 Å². The van der Waals surface area contributed by atoms with Crippen molar-refractivity contribution in [2.45, 2.75) is 17.4 Å². The molecule has 1 heterocycles. The molecular weight excluding hydrogens is 308 g/mol. The van der Waals surface area contributed by atoms with E-state index in [-0.39, 0.29) is 11.4 Å². The number of β-amino-alcohol motifs (C(OH)–C–C–N with tert-alkyl or cyclic N) is 1. The zero-order chi connectivity index (χ0) is 12.6. The van der Waals surface area contributed by atoms with E-state index in [4.69, 9.17) is 5.73 Å². The molecule has 0 saturated carbocycles. The van der Waals surface area contributed by atoms with E-state index >= 15 is 0 Å². The molecule has 0 amide bonds. The smallest absolute Gasteiger partial charge is 0.244 e. The topological polar surface area (TPSA) is 83.6 Å². The van der Waals surface area contributed by atoms with E-state index in [2.05, 4.69) is 15.9 Å². The van der Waals surface area contributed by atoms with E-state index in [1.165, 1.54) is 10.4 Å². The van der Waals surface area contributed by atoms with E-state index in [9.17, 15) is 13.5 Å². The molecule has 0 aromatic heterocycles. The summed E-state index contributed by atoms with van der Waals surface area (Å²) in [6, 6.07) is 4.57. The molecule has 0 bridgehead atoms. The fourth-order valence-corrected chi connectivity index (χ4v) is 4.34. The third-order valence-electron chi connectivity index (χ3n) is 2.70. The van der Waals surface area contributed by atoms with Gasteiger partial charge in [0.15, 0.2) is 0 Å². The normalized spacial score (nSPS) is 21.9. The lowest BCUT2D eigenvalue weighted by Gasteiger charge is -2.16. The summed E-state index contributed by atoms with van der Waals surface area (Å²) in [7, 11) is -3.55. The third-order valence-corrected chi connectivity index (χ3v) is 5.54. The minimum Gasteiger partial charge on any atom is -0.399 e. The number of nitrogen functional groups attached to an aromatic ring is 1. The number of hydrogen-bond donors (Lipinski definition) is 2. The highest BCUT2D eigenvalue weighted by Crippen LogP contribution is 2.28. The molecule has 1 atom stereocenters. The van der Waals surface area contributed by atoms with Gasteiger partial charge in [-0.15, -0.1) is 0 Å². The van der Waals surface area contributed by atoms with Gasteiger partial charge in [0.2, 0.25) is 10.0 Å². The number of benzene rings is 1. The SMILES string of the molecule is Nc1ccc(S(=O)(=O)N2CC[C@@H](O)C2)c(Br)c1. The van der Waals surface area contributed by atoms with Gasteiger partial charge >= 0.3 is 0 Å². The van der Waals surface area contributed by atoms with Gasteiger partial charge in [-0.3, -0.25) is 0 Å². The quantitative estimate of drug-likeness (QED) is 0.789. The predicted octanol–water partition coefficient (Wildman–Crippen LogP) is 0.787. The number of rotatable bonds is 2. The van der Waals surface area contributed by atoms with Crippen LogP contribution in [0.2, 0.25) is 0 Å². The average molecular weight is 321 g/mol. The minimum absolute atomic E-state index is 0.152. The van der Waals surface area contributed by atoms with Crippen LogP contribution in [0.5, 0.6) is 0 Å². The van der Waals surface area contributed by atoms with E-state index < -0.39 is 16.1 Å². The molecule has 1 fully saturated rings. The number of aliphatic hydroxyl groups excluding tert-OH is 1. The number of hydrogen-bond acceptors (Lipinski definition) is 4. The number of halogens is 1. The van der Waals surface area contributed by atoms with Gasteiger partial charge in [0, 0.05) is 23.2 Å². The van der Waals surface area contributed by atoms with Crippen LogP contribution in [-0.2, 0) is 10.0 Å². The van der Waals surface area contributed by atoms with Crippen LogP contribution in [-0.4, -0.2) is 37.0 Å². The monoisotopic (exact) mass is 320 g/mol. The van der Waals surface area contributed by atoms with E-state index in [1.54, 1.807) is 12.1 Å². The van der Waals surface area contributed by atoms with Crippen LogP contribution in [0.15, 0.2) is 27.6 Å². The molecule has 3 N–H and O–H groups in total. The summed E-state index contributed by atoms with van der Waals surface area (Å²) in [5.41, 5.74) is 6.07. The van der Waals surface area contributed by atoms with Crippen LogP contribution < -0.4 is 5.73 Å². The van der Waals surface area contributed by atoms with Gasteiger partial charge in [-0.25, -0.2) is 8.42 Å². The second-order valence-electron chi connectivity index (χ2n) is 4.00. The van der Waals surface area contributed by atoms with Crippen molar-refractivity contribution in [2.24, 2.45) is 0 Å². The average Bonchev–Trinajstić information content (AvgIpc) is 2.64. The Morgan fingerprint density at radius 1 is 1.47 bits per heavy atom. The molecule has 1 saturated heterocycles. The molecule has 1 aromatic carbocycles. The van der Waals surface area contributed by atoms with Crippen LogP contribution in [0, 0.1) is 0 Å². The Kier molecular flexibility index (Phi) is 3.44. The fourth-order valence-electron chi connectivity index (χ4n) is 1.79. The maximum atomic E-state index is 12.3. The second kappa shape index (κ2) is 4.56. The summed E-state index contributed by atoms with van der Waals surface area (Å²) in [6.45, 7) is 0.499. The lowest BCUT2D eigenvalue weighted by Crippen LogP contribution is -2.30. The highest BCUT2D eigenvalue weighted by Gasteiger charge is 2.32. The molecule has 94 valence electrons. The summed E-state index contributed by atoms with van der Waals surface area (Å²) in [6.07, 6.45) is -0.0939. The molecule has 0 spiro atoms. The van der Waals surface area contributed by atoms with Crippen molar-refractivity contribution in [3.63, 3.8) is 0 Å². The Morgan fingerprint density at radius 3 is 2.71 bits per heavy atom. The number of aliphatic hydroxyl groups is 1. The summed E-state index contributed by atoms with van der Waals surface area (Å²) >= 11 is 3.20. The second-order valence-corrected chi connectivity index (χ2v) is 6.76. The molecular formula is C10H13BrN2O3S. The number of anilines is 1. The van der Waals surface area contributed by atoms with Crippen LogP contribution in [0.3, 0.4) is 0 Å². The lowest BCUT2D eigenvalue weighted by molar-refractivity contribution is 0.189. The zero-order valence-corrected chi connectivity index (χ0v) is 11.4. The molecule has 1 aliphatic rings. The Hall–Kier alpha value is -0.630. The molecule has 1 aromatic rings. The van der Waals surface area contributed by atoms with Gasteiger partial charge in [0.25, 0.3) is 0 Å².